The van der Waals surface area contributed by atoms with Crippen LogP contribution >= 0.6 is 0 Å². The van der Waals surface area contributed by atoms with Gasteiger partial charge in [-0.1, -0.05) is 12.3 Å². The van der Waals surface area contributed by atoms with Crippen LogP contribution in [-0.2, 0) is 4.79 Å². The molecule has 11 heavy (non-hydrogen) atoms. The van der Waals surface area contributed by atoms with Gasteiger partial charge in [0, 0.05) is 12.0 Å². The molecule has 0 amide bonds. The molecule has 1 rings (SSSR count). The third-order valence-electron chi connectivity index (χ3n) is 2.26. The van der Waals surface area contributed by atoms with E-state index in [2.05, 4.69) is 5.92 Å². The monoisotopic (exact) mass is 151 g/mol. The first-order valence-corrected chi connectivity index (χ1v) is 3.97. The topological polar surface area (TPSA) is 43.1 Å². The summed E-state index contributed by atoms with van der Waals surface area (Å²) in [5.74, 6) is 2.56. The van der Waals surface area contributed by atoms with E-state index in [9.17, 15) is 4.79 Å². The van der Waals surface area contributed by atoms with Crippen molar-refractivity contribution in [3.8, 4) is 12.3 Å². The largest absolute Gasteiger partial charge is 0.327 e. The molecule has 2 atom stereocenters. The van der Waals surface area contributed by atoms with Crippen molar-refractivity contribution in [1.29, 1.82) is 0 Å². The number of rotatable bonds is 2. The second-order valence-corrected chi connectivity index (χ2v) is 3.05. The fourth-order valence-corrected chi connectivity index (χ4v) is 1.62. The zero-order valence-corrected chi connectivity index (χ0v) is 6.55. The molecule has 0 saturated heterocycles. The SMILES string of the molecule is C#CCC(=O)C1CCCC1N. The molecule has 0 aromatic carbocycles. The number of hydrogen-bond acceptors (Lipinski definition) is 2. The standard InChI is InChI=1S/C9H13NO/c1-2-4-9(11)7-5-3-6-8(7)10/h1,7-8H,3-6,10H2. The van der Waals surface area contributed by atoms with Crippen molar-refractivity contribution in [2.24, 2.45) is 11.7 Å². The van der Waals surface area contributed by atoms with E-state index in [4.69, 9.17) is 12.2 Å². The highest BCUT2D eigenvalue weighted by molar-refractivity contribution is 5.84. The zero-order valence-electron chi connectivity index (χ0n) is 6.55. The van der Waals surface area contributed by atoms with Gasteiger partial charge in [-0.05, 0) is 12.8 Å². The lowest BCUT2D eigenvalue weighted by Crippen LogP contribution is -2.30. The molecule has 2 N–H and O–H groups in total. The van der Waals surface area contributed by atoms with Crippen LogP contribution in [0.3, 0.4) is 0 Å². The van der Waals surface area contributed by atoms with E-state index in [1.807, 2.05) is 0 Å². The fraction of sp³-hybridized carbons (Fsp3) is 0.667. The minimum Gasteiger partial charge on any atom is -0.327 e. The Morgan fingerprint density at radius 2 is 2.36 bits per heavy atom. The molecule has 2 nitrogen and oxygen atoms in total. The van der Waals surface area contributed by atoms with Crippen molar-refractivity contribution >= 4 is 5.78 Å². The number of nitrogens with two attached hydrogens (primary N) is 1. The molecule has 0 aliphatic heterocycles. The summed E-state index contributed by atoms with van der Waals surface area (Å²) in [6, 6.07) is 0.0656. The summed E-state index contributed by atoms with van der Waals surface area (Å²) in [5.41, 5.74) is 5.72. The summed E-state index contributed by atoms with van der Waals surface area (Å²) < 4.78 is 0. The molecule has 0 aromatic rings. The highest BCUT2D eigenvalue weighted by atomic mass is 16.1. The molecule has 0 radical (unpaired) electrons. The number of Topliss-reactive ketones (excluding diaryl/α,β-unsaturated/α-hetero) is 1. The van der Waals surface area contributed by atoms with Gasteiger partial charge in [-0.15, -0.1) is 6.42 Å². The normalized spacial score (nSPS) is 29.8. The number of carbonyl (C=O) groups is 1. The molecule has 2 unspecified atom stereocenters. The van der Waals surface area contributed by atoms with Gasteiger partial charge >= 0.3 is 0 Å². The van der Waals surface area contributed by atoms with Crippen LogP contribution in [0.4, 0.5) is 0 Å². The van der Waals surface area contributed by atoms with E-state index in [-0.39, 0.29) is 24.2 Å². The second-order valence-electron chi connectivity index (χ2n) is 3.05. The van der Waals surface area contributed by atoms with E-state index in [1.165, 1.54) is 0 Å². The molecule has 0 heterocycles. The van der Waals surface area contributed by atoms with Gasteiger partial charge < -0.3 is 5.73 Å². The summed E-state index contributed by atoms with van der Waals surface area (Å²) in [4.78, 5) is 11.2. The Hall–Kier alpha value is -0.810. The lowest BCUT2D eigenvalue weighted by Gasteiger charge is -2.11. The van der Waals surface area contributed by atoms with Crippen LogP contribution in [-0.4, -0.2) is 11.8 Å². The minimum absolute atomic E-state index is 0.0473. The minimum atomic E-state index is 0.0473. The van der Waals surface area contributed by atoms with Gasteiger partial charge in [-0.25, -0.2) is 0 Å². The molecule has 1 saturated carbocycles. The summed E-state index contributed by atoms with van der Waals surface area (Å²) >= 11 is 0. The quantitative estimate of drug-likeness (QED) is 0.590. The lowest BCUT2D eigenvalue weighted by atomic mass is 9.97. The molecule has 1 fully saturated rings. The highest BCUT2D eigenvalue weighted by Crippen LogP contribution is 2.25. The molecular formula is C9H13NO. The predicted molar refractivity (Wildman–Crippen MR) is 43.8 cm³/mol. The predicted octanol–water partition coefficient (Wildman–Crippen LogP) is 0.706. The average Bonchev–Trinajstić information content (AvgIpc) is 2.36. The second kappa shape index (κ2) is 3.54. The Bertz CT molecular complexity index is 192. The van der Waals surface area contributed by atoms with Crippen molar-refractivity contribution in [1.82, 2.24) is 0 Å². The van der Waals surface area contributed by atoms with Gasteiger partial charge in [0.05, 0.1) is 6.42 Å². The Morgan fingerprint density at radius 1 is 1.64 bits per heavy atom. The first-order valence-electron chi connectivity index (χ1n) is 3.97. The summed E-state index contributed by atoms with van der Waals surface area (Å²) in [6.07, 6.45) is 8.26. The van der Waals surface area contributed by atoms with E-state index >= 15 is 0 Å². The number of hydrogen-bond donors (Lipinski definition) is 1. The van der Waals surface area contributed by atoms with Crippen molar-refractivity contribution in [2.75, 3.05) is 0 Å². The molecule has 0 aromatic heterocycles. The Labute approximate surface area is 67.2 Å². The van der Waals surface area contributed by atoms with E-state index in [0.717, 1.165) is 19.3 Å². The molecule has 2 heteroatoms. The van der Waals surface area contributed by atoms with Gasteiger partial charge in [0.1, 0.15) is 5.78 Å². The van der Waals surface area contributed by atoms with Crippen LogP contribution in [0.1, 0.15) is 25.7 Å². The van der Waals surface area contributed by atoms with Crippen molar-refractivity contribution in [3.05, 3.63) is 0 Å². The molecule has 60 valence electrons. The lowest BCUT2D eigenvalue weighted by molar-refractivity contribution is -0.122. The van der Waals surface area contributed by atoms with Gasteiger partial charge in [0.25, 0.3) is 0 Å². The Balaban J connectivity index is 2.47. The summed E-state index contributed by atoms with van der Waals surface area (Å²) in [7, 11) is 0. The average molecular weight is 151 g/mol. The van der Waals surface area contributed by atoms with Crippen LogP contribution in [0.25, 0.3) is 0 Å². The molecule has 1 aliphatic carbocycles. The third kappa shape index (κ3) is 1.81. The van der Waals surface area contributed by atoms with Gasteiger partial charge in [0.2, 0.25) is 0 Å². The maximum atomic E-state index is 11.2. The van der Waals surface area contributed by atoms with Crippen molar-refractivity contribution in [2.45, 2.75) is 31.7 Å². The zero-order chi connectivity index (χ0) is 8.27. The van der Waals surface area contributed by atoms with E-state index in [1.54, 1.807) is 0 Å². The molecule has 0 bridgehead atoms. The fourth-order valence-electron chi connectivity index (χ4n) is 1.62. The first kappa shape index (κ1) is 8.29. The molecular weight excluding hydrogens is 138 g/mol. The number of terminal acetylenes is 1. The van der Waals surface area contributed by atoms with Crippen LogP contribution in [0.5, 0.6) is 0 Å². The van der Waals surface area contributed by atoms with Gasteiger partial charge in [-0.2, -0.15) is 0 Å². The Kier molecular flexibility index (Phi) is 2.67. The number of carbonyl (C=O) groups excluding carboxylic acids is 1. The van der Waals surface area contributed by atoms with Crippen molar-refractivity contribution in [3.63, 3.8) is 0 Å². The Morgan fingerprint density at radius 3 is 2.82 bits per heavy atom. The first-order chi connectivity index (χ1) is 5.25. The molecule has 1 aliphatic rings. The third-order valence-corrected chi connectivity index (χ3v) is 2.26. The van der Waals surface area contributed by atoms with Crippen LogP contribution in [0.2, 0.25) is 0 Å². The maximum absolute atomic E-state index is 11.2. The van der Waals surface area contributed by atoms with E-state index < -0.39 is 0 Å². The summed E-state index contributed by atoms with van der Waals surface area (Å²) in [6.45, 7) is 0. The van der Waals surface area contributed by atoms with E-state index in [0.29, 0.717) is 0 Å². The number of ketones is 1. The van der Waals surface area contributed by atoms with Gasteiger partial charge in [0.15, 0.2) is 0 Å². The smallest absolute Gasteiger partial charge is 0.149 e. The van der Waals surface area contributed by atoms with Gasteiger partial charge in [-0.3, -0.25) is 4.79 Å². The summed E-state index contributed by atoms with van der Waals surface area (Å²) in [5, 5.41) is 0. The van der Waals surface area contributed by atoms with Crippen LogP contribution in [0.15, 0.2) is 0 Å². The van der Waals surface area contributed by atoms with Crippen molar-refractivity contribution < 1.29 is 4.79 Å². The maximum Gasteiger partial charge on any atom is 0.149 e. The van der Waals surface area contributed by atoms with Crippen LogP contribution < -0.4 is 5.73 Å². The molecule has 0 spiro atoms. The van der Waals surface area contributed by atoms with Crippen LogP contribution in [0, 0.1) is 18.3 Å². The highest BCUT2D eigenvalue weighted by Gasteiger charge is 2.28.